The Labute approximate surface area is 591 Å². The van der Waals surface area contributed by atoms with Gasteiger partial charge in [0.25, 0.3) is 0 Å². The Hall–Kier alpha value is -6.56. The van der Waals surface area contributed by atoms with Gasteiger partial charge in [0.1, 0.15) is 18.1 Å². The molecule has 7 aliphatic rings. The van der Waals surface area contributed by atoms with Gasteiger partial charge in [0, 0.05) is 67.1 Å². The lowest BCUT2D eigenvalue weighted by Gasteiger charge is -2.58. The monoisotopic (exact) mass is 1410 g/mol. The number of pyridine rings is 2. The molecule has 5 heterocycles. The first-order valence-corrected chi connectivity index (χ1v) is 39.8. The van der Waals surface area contributed by atoms with Crippen LogP contribution in [0.2, 0.25) is 0 Å². The molecule has 0 radical (unpaired) electrons. The number of likely N-dealkylation sites (N-methyl/N-ethyl adjacent to an activating group) is 2. The minimum Gasteiger partial charge on any atom is -0.508 e. The summed E-state index contributed by atoms with van der Waals surface area (Å²) >= 11 is 12.4. The largest absolute Gasteiger partial charge is 0.508 e. The summed E-state index contributed by atoms with van der Waals surface area (Å²) in [5.41, 5.74) is 9.01. The van der Waals surface area contributed by atoms with Crippen molar-refractivity contribution >= 4 is 76.2 Å². The maximum absolute atomic E-state index is 10.8. The highest BCUT2D eigenvalue weighted by atomic mass is 33.5. The van der Waals surface area contributed by atoms with Gasteiger partial charge >= 0.3 is 12.2 Å². The molecule has 3 aliphatic heterocycles. The van der Waals surface area contributed by atoms with Gasteiger partial charge in [0.15, 0.2) is 5.40 Å². The lowest BCUT2D eigenvalue weighted by molar-refractivity contribution is 0.00269. The first-order chi connectivity index (χ1) is 46.8. The minimum atomic E-state index is -2.00. The zero-order valence-electron chi connectivity index (χ0n) is 56.9. The summed E-state index contributed by atoms with van der Waals surface area (Å²) in [6.45, 7) is 11.8. The lowest BCUT2D eigenvalue weighted by atomic mass is 9.52. The van der Waals surface area contributed by atoms with Crippen LogP contribution in [0.15, 0.2) is 187 Å². The molecule has 0 spiro atoms. The van der Waals surface area contributed by atoms with E-state index in [0.717, 1.165) is 48.4 Å². The van der Waals surface area contributed by atoms with Gasteiger partial charge in [0.2, 0.25) is 0 Å². The minimum absolute atomic E-state index is 0.0997. The number of aromatic nitrogens is 2. The second-order valence-corrected chi connectivity index (χ2v) is 36.2. The normalized spacial score (nSPS) is 21.8. The van der Waals surface area contributed by atoms with Crippen LogP contribution in [0.4, 0.5) is 9.59 Å². The number of carbonyl (C=O) groups is 2. The predicted octanol–water partition coefficient (Wildman–Crippen LogP) is 15.2. The molecule has 5 fully saturated rings. The molecule has 2 N–H and O–H groups in total. The summed E-state index contributed by atoms with van der Waals surface area (Å²) in [4.78, 5) is 34.6. The Bertz CT molecular complexity index is 3620. The highest BCUT2D eigenvalue weighted by Gasteiger charge is 2.54. The molecule has 6 atom stereocenters. The molecule has 2 saturated carbocycles. The van der Waals surface area contributed by atoms with E-state index in [1.807, 2.05) is 30.6 Å². The fraction of sp³-hybridized carbons (Fsp3) is 0.442. The SMILES string of the molecule is C1CCOC1.CC(C)OC(=O)N=NC(=O)OC(C)C.CN1CC[C@@]23CCCC[C@@H]2[C@@H]1Cc1ccc(O)cc13.CN1CC[C@@]23CCCC[C@@H]2[C@@H]1Cc1ccc(OCc2ccncc2)cc13.N#CS(=S)(=S)S.OCc1ccncc1.c1ccc(P(c2ccccc2)c2ccccc2)cc1. The molecular weight excluding hydrogens is 1310 g/mol. The molecule has 2 aromatic heterocycles. The molecule has 15 nitrogen and oxygen atoms in total. The van der Waals surface area contributed by atoms with Gasteiger partial charge in [-0.2, -0.15) is 5.26 Å². The molecule has 516 valence electrons. The van der Waals surface area contributed by atoms with Gasteiger partial charge in [-0.1, -0.05) is 151 Å². The van der Waals surface area contributed by atoms with Crippen molar-refractivity contribution < 1.29 is 38.7 Å². The molecule has 7 aromatic rings. The van der Waals surface area contributed by atoms with Crippen molar-refractivity contribution in [3.8, 4) is 16.9 Å². The van der Waals surface area contributed by atoms with Gasteiger partial charge in [-0.25, -0.2) is 9.59 Å². The van der Waals surface area contributed by atoms with Crippen molar-refractivity contribution in [3.05, 3.63) is 210 Å². The number of piperidine rings is 2. The number of nitrogens with zero attached hydrogens (tertiary/aromatic N) is 7. The smallest absolute Gasteiger partial charge is 0.452 e. The van der Waals surface area contributed by atoms with Gasteiger partial charge in [-0.15, -0.1) is 0 Å². The van der Waals surface area contributed by atoms with Crippen LogP contribution >= 0.6 is 19.6 Å². The topological polar surface area (TPSA) is 192 Å². The van der Waals surface area contributed by atoms with Gasteiger partial charge in [-0.05, 0) is 259 Å². The van der Waals surface area contributed by atoms with E-state index in [-0.39, 0.29) is 18.8 Å². The Balaban J connectivity index is 0.000000154. The van der Waals surface area contributed by atoms with Crippen molar-refractivity contribution in [2.45, 2.75) is 166 Å². The van der Waals surface area contributed by atoms with Crippen molar-refractivity contribution in [2.75, 3.05) is 40.4 Å². The standard InChI is InChI=1S/C23H28N2O.C18H15P.C17H23NO.C8H14N2O4.C6H7NO.C4H8O.CHNS4/c1-25-13-10-23-9-3-2-4-20(23)22(25)14-18-5-6-19(15-21(18)23)26-16-17-7-11-24-12-8-17;1-4-10-16(11-5-1)19(17-12-6-2-7-13-17)18-14-8-3-9-15-18;1-18-9-8-17-7-3-2-4-14(17)16(18)10-12-5-6-13(19)11-15(12)17;1-5(2)13-7(11)9-10-8(12)14-6(3)4;8-5-6-1-3-7-4-2-6;1-2-4-5-3-1;2-1-6(3,4)5/h5-8,11-12,15,20,22H,2-4,9-10,13-14,16H2,1H3;1-15H;5-6,11,14,16,19H,2-4,7-10H2,1H3;5-6H,1-4H3;1-4,8H,5H2;1-4H2;(H,3,4,5)/t20-,22+,23+;;14-,16+,17+;;;;/m1.1..../s1. The Morgan fingerprint density at radius 3 is 1.45 bits per heavy atom. The summed E-state index contributed by atoms with van der Waals surface area (Å²) < 4.78 is 20.3. The maximum atomic E-state index is 10.8. The number of hydrogen-bond acceptors (Lipinski definition) is 15. The van der Waals surface area contributed by atoms with E-state index < -0.39 is 26.3 Å². The molecule has 2 amide bonds. The van der Waals surface area contributed by atoms with E-state index in [0.29, 0.717) is 23.2 Å². The van der Waals surface area contributed by atoms with E-state index in [1.54, 1.807) is 68.7 Å². The number of likely N-dealkylation sites (tertiary alicyclic amines) is 2. The van der Waals surface area contributed by atoms with Crippen LogP contribution in [0.1, 0.15) is 138 Å². The molecule has 14 rings (SSSR count). The zero-order valence-corrected chi connectivity index (χ0v) is 61.2. The number of azo groups is 1. The number of hydrogen-bond donors (Lipinski definition) is 3. The second kappa shape index (κ2) is 38.1. The van der Waals surface area contributed by atoms with Gasteiger partial charge < -0.3 is 39.0 Å². The van der Waals surface area contributed by atoms with Crippen LogP contribution in [0.3, 0.4) is 0 Å². The number of rotatable bonds is 9. The van der Waals surface area contributed by atoms with Crippen LogP contribution in [-0.2, 0) is 79.7 Å². The highest BCUT2D eigenvalue weighted by Crippen LogP contribution is 2.57. The summed E-state index contributed by atoms with van der Waals surface area (Å²) in [5, 5.41) is 38.2. The fourth-order valence-corrected chi connectivity index (χ4v) is 17.1. The molecule has 97 heavy (non-hydrogen) atoms. The number of thiocyanates is 1. The first kappa shape index (κ1) is 76.2. The summed E-state index contributed by atoms with van der Waals surface area (Å²) in [5.74, 6) is 3.12. The number of carbonyl (C=O) groups excluding carboxylic acids is 2. The van der Waals surface area contributed by atoms with Gasteiger partial charge in [-0.3, -0.25) is 9.97 Å². The van der Waals surface area contributed by atoms with E-state index >= 15 is 0 Å². The molecule has 4 bridgehead atoms. The molecule has 4 aliphatic carbocycles. The van der Waals surface area contributed by atoms with Crippen LogP contribution in [0, 0.1) is 22.5 Å². The fourth-order valence-electron chi connectivity index (χ4n) is 14.8. The number of fused-ring (bicyclic) bond motifs is 2. The van der Waals surface area contributed by atoms with E-state index in [9.17, 15) is 14.7 Å². The van der Waals surface area contributed by atoms with E-state index in [4.69, 9.17) is 19.8 Å². The average molecular weight is 1410 g/mol. The van der Waals surface area contributed by atoms with Crippen molar-refractivity contribution in [3.63, 3.8) is 0 Å². The number of thiol groups is 1. The molecular formula is C77H96N7O8PS4. The Kier molecular flexibility index (Phi) is 30.0. The van der Waals surface area contributed by atoms with Crippen molar-refractivity contribution in [1.29, 1.82) is 5.26 Å². The number of aliphatic hydroxyl groups is 1. The number of aliphatic hydroxyl groups excluding tert-OH is 1. The first-order valence-electron chi connectivity index (χ1n) is 33.9. The van der Waals surface area contributed by atoms with Crippen LogP contribution in [0.5, 0.6) is 11.5 Å². The van der Waals surface area contributed by atoms with Crippen molar-refractivity contribution in [1.82, 2.24) is 19.8 Å². The Morgan fingerprint density at radius 2 is 1.06 bits per heavy atom. The van der Waals surface area contributed by atoms with E-state index in [1.165, 1.54) is 136 Å². The number of phenolic OH excluding ortho intramolecular Hbond substituents is 1. The lowest BCUT2D eigenvalue weighted by Crippen LogP contribution is -2.59. The second-order valence-electron chi connectivity index (χ2n) is 26.1. The zero-order chi connectivity index (χ0) is 69.2. The van der Waals surface area contributed by atoms with Crippen LogP contribution < -0.4 is 20.7 Å². The molecule has 20 heteroatoms. The quantitative estimate of drug-likeness (QED) is 0.0406. The molecule has 3 saturated heterocycles. The number of nitriles is 1. The van der Waals surface area contributed by atoms with Crippen molar-refractivity contribution in [2.24, 2.45) is 22.1 Å². The average Bonchev–Trinajstić information content (AvgIpc) is 1.71. The number of amides is 2. The molecule has 0 unspecified atom stereocenters. The summed E-state index contributed by atoms with van der Waals surface area (Å²) in [6, 6.07) is 54.4. The third kappa shape index (κ3) is 22.2. The number of ether oxygens (including phenoxy) is 4. The van der Waals surface area contributed by atoms with Gasteiger partial charge in [0.05, 0.1) is 18.8 Å². The third-order valence-electron chi connectivity index (χ3n) is 19.1. The van der Waals surface area contributed by atoms with Crippen LogP contribution in [0.25, 0.3) is 0 Å². The summed E-state index contributed by atoms with van der Waals surface area (Å²) in [6.07, 6.45) is 21.2. The number of phenols is 1. The number of aromatic hydroxyl groups is 1. The molecule has 5 aromatic carbocycles. The number of benzene rings is 5. The summed E-state index contributed by atoms with van der Waals surface area (Å²) in [7, 11) is 4.19. The Morgan fingerprint density at radius 1 is 0.639 bits per heavy atom. The highest BCUT2D eigenvalue weighted by molar-refractivity contribution is 8.94. The van der Waals surface area contributed by atoms with Crippen LogP contribution in [-0.4, -0.2) is 107 Å². The van der Waals surface area contributed by atoms with E-state index in [2.05, 4.69) is 209 Å². The third-order valence-corrected chi connectivity index (χ3v) is 22.5. The predicted molar refractivity (Wildman–Crippen MR) is 400 cm³/mol. The maximum Gasteiger partial charge on any atom is 0.452 e.